The molecule has 1 amide bonds. The summed E-state index contributed by atoms with van der Waals surface area (Å²) in [5.74, 6) is -3.08. The summed E-state index contributed by atoms with van der Waals surface area (Å²) >= 11 is 0. The Morgan fingerprint density at radius 3 is 2.00 bits per heavy atom. The van der Waals surface area contributed by atoms with Crippen molar-refractivity contribution >= 4 is 11.7 Å². The minimum atomic E-state index is -5.00. The van der Waals surface area contributed by atoms with Crippen LogP contribution in [0.25, 0.3) is 0 Å². The molecule has 0 aliphatic heterocycles. The predicted molar refractivity (Wildman–Crippen MR) is 68.3 cm³/mol. The molecule has 0 heterocycles. The minimum absolute atomic E-state index is 0.275. The van der Waals surface area contributed by atoms with E-state index in [-0.39, 0.29) is 5.56 Å². The van der Waals surface area contributed by atoms with Crippen LogP contribution < -0.4 is 5.32 Å². The van der Waals surface area contributed by atoms with E-state index in [2.05, 4.69) is 0 Å². The van der Waals surface area contributed by atoms with Crippen LogP contribution in [0.4, 0.5) is 13.2 Å². The van der Waals surface area contributed by atoms with Crippen molar-refractivity contribution in [2.24, 2.45) is 5.92 Å². The third-order valence-electron chi connectivity index (χ3n) is 2.83. The highest BCUT2D eigenvalue weighted by Crippen LogP contribution is 2.17. The summed E-state index contributed by atoms with van der Waals surface area (Å²) in [6.45, 7) is 4.99. The molecule has 110 valence electrons. The highest BCUT2D eigenvalue weighted by Gasteiger charge is 2.41. The number of hydrogen-bond acceptors (Lipinski definition) is 2. The number of carbonyl (C=O) groups excluding carboxylic acids is 2. The fraction of sp³-hybridized carbons (Fsp3) is 0.429. The number of nitrogens with one attached hydrogen (secondary N) is 1. The molecule has 1 aromatic carbocycles. The molecule has 1 aromatic rings. The summed E-state index contributed by atoms with van der Waals surface area (Å²) in [5.41, 5.74) is 1.21. The lowest BCUT2D eigenvalue weighted by Gasteiger charge is -2.22. The Balaban J connectivity index is 2.94. The highest BCUT2D eigenvalue weighted by molar-refractivity contribution is 6.02. The first-order valence-corrected chi connectivity index (χ1v) is 6.11. The molecule has 0 aliphatic carbocycles. The number of rotatable bonds is 4. The summed E-state index contributed by atoms with van der Waals surface area (Å²) in [5, 5.41) is 1.76. The van der Waals surface area contributed by atoms with Crippen molar-refractivity contribution in [1.82, 2.24) is 5.32 Å². The molecule has 6 heteroatoms. The first-order chi connectivity index (χ1) is 9.12. The van der Waals surface area contributed by atoms with Crippen LogP contribution in [0.3, 0.4) is 0 Å². The van der Waals surface area contributed by atoms with Gasteiger partial charge in [0.25, 0.3) is 0 Å². The molecule has 0 spiro atoms. The third-order valence-corrected chi connectivity index (χ3v) is 2.83. The molecule has 3 nitrogen and oxygen atoms in total. The van der Waals surface area contributed by atoms with Crippen molar-refractivity contribution in [1.29, 1.82) is 0 Å². The third kappa shape index (κ3) is 4.08. The van der Waals surface area contributed by atoms with Gasteiger partial charge in [0.15, 0.2) is 5.78 Å². The van der Waals surface area contributed by atoms with Gasteiger partial charge in [-0.3, -0.25) is 9.59 Å². The Bertz CT molecular complexity index is 492. The fourth-order valence-electron chi connectivity index (χ4n) is 1.66. The van der Waals surface area contributed by atoms with Gasteiger partial charge in [-0.1, -0.05) is 43.7 Å². The second kappa shape index (κ2) is 6.07. The molecular formula is C14H16F3NO2. The van der Waals surface area contributed by atoms with E-state index < -0.39 is 29.8 Å². The zero-order valence-corrected chi connectivity index (χ0v) is 11.4. The van der Waals surface area contributed by atoms with Crippen LogP contribution in [0.2, 0.25) is 0 Å². The molecule has 0 aromatic heterocycles. The van der Waals surface area contributed by atoms with Gasteiger partial charge in [0.2, 0.25) is 0 Å². The Morgan fingerprint density at radius 2 is 1.60 bits per heavy atom. The van der Waals surface area contributed by atoms with E-state index in [0.29, 0.717) is 0 Å². The van der Waals surface area contributed by atoms with Crippen molar-refractivity contribution in [3.05, 3.63) is 35.4 Å². The normalized spacial score (nSPS) is 13.2. The van der Waals surface area contributed by atoms with E-state index in [1.54, 1.807) is 31.3 Å². The van der Waals surface area contributed by atoms with Crippen molar-refractivity contribution in [3.63, 3.8) is 0 Å². The van der Waals surface area contributed by atoms with E-state index in [1.807, 2.05) is 6.92 Å². The van der Waals surface area contributed by atoms with E-state index in [0.717, 1.165) is 5.56 Å². The van der Waals surface area contributed by atoms with Gasteiger partial charge < -0.3 is 5.32 Å². The summed E-state index contributed by atoms with van der Waals surface area (Å²) in [7, 11) is 0. The number of hydrogen-bond donors (Lipinski definition) is 1. The molecule has 1 atom stereocenters. The Kier molecular flexibility index (Phi) is 4.92. The highest BCUT2D eigenvalue weighted by atomic mass is 19.4. The first kappa shape index (κ1) is 16.2. The summed E-state index contributed by atoms with van der Waals surface area (Å²) < 4.78 is 36.8. The lowest BCUT2D eigenvalue weighted by atomic mass is 9.94. The smallest absolute Gasteiger partial charge is 0.338 e. The van der Waals surface area contributed by atoms with Crippen LogP contribution in [0.1, 0.15) is 29.8 Å². The molecule has 1 N–H and O–H groups in total. The van der Waals surface area contributed by atoms with E-state index >= 15 is 0 Å². The predicted octanol–water partition coefficient (Wildman–Crippen LogP) is 2.88. The number of halogens is 3. The molecule has 0 aliphatic rings. The zero-order chi connectivity index (χ0) is 15.5. The number of ketones is 1. The average molecular weight is 287 g/mol. The number of amides is 1. The van der Waals surface area contributed by atoms with Gasteiger partial charge in [-0.25, -0.2) is 0 Å². The summed E-state index contributed by atoms with van der Waals surface area (Å²) in [6.07, 6.45) is -5.00. The maximum absolute atomic E-state index is 12.3. The van der Waals surface area contributed by atoms with Gasteiger partial charge >= 0.3 is 12.1 Å². The largest absolute Gasteiger partial charge is 0.471 e. The van der Waals surface area contributed by atoms with Gasteiger partial charge in [0, 0.05) is 5.56 Å². The molecular weight excluding hydrogens is 271 g/mol. The summed E-state index contributed by atoms with van der Waals surface area (Å²) in [6, 6.07) is 5.25. The van der Waals surface area contributed by atoms with Crippen molar-refractivity contribution < 1.29 is 22.8 Å². The average Bonchev–Trinajstić information content (AvgIpc) is 2.34. The van der Waals surface area contributed by atoms with Crippen molar-refractivity contribution in [2.75, 3.05) is 0 Å². The van der Waals surface area contributed by atoms with Crippen molar-refractivity contribution in [2.45, 2.75) is 33.0 Å². The maximum Gasteiger partial charge on any atom is 0.471 e. The number of carbonyl (C=O) groups is 2. The van der Waals surface area contributed by atoms with E-state index in [4.69, 9.17) is 0 Å². The Hall–Kier alpha value is -1.85. The first-order valence-electron chi connectivity index (χ1n) is 6.11. The number of aryl methyl sites for hydroxylation is 1. The fourth-order valence-corrected chi connectivity index (χ4v) is 1.66. The van der Waals surface area contributed by atoms with Crippen LogP contribution >= 0.6 is 0 Å². The Morgan fingerprint density at radius 1 is 1.10 bits per heavy atom. The number of benzene rings is 1. The SMILES string of the molecule is Cc1ccc(C(=O)C(NC(=O)C(F)(F)F)C(C)C)cc1. The molecule has 0 saturated heterocycles. The lowest BCUT2D eigenvalue weighted by molar-refractivity contribution is -0.174. The van der Waals surface area contributed by atoms with Gasteiger partial charge in [0.1, 0.15) is 0 Å². The lowest BCUT2D eigenvalue weighted by Crippen LogP contribution is -2.49. The molecule has 0 saturated carbocycles. The molecule has 0 fully saturated rings. The maximum atomic E-state index is 12.3. The van der Waals surface area contributed by atoms with Crippen molar-refractivity contribution in [3.8, 4) is 0 Å². The summed E-state index contributed by atoms with van der Waals surface area (Å²) in [4.78, 5) is 23.2. The second-order valence-electron chi connectivity index (χ2n) is 4.92. The van der Waals surface area contributed by atoms with Gasteiger partial charge in [-0.15, -0.1) is 0 Å². The quantitative estimate of drug-likeness (QED) is 0.865. The van der Waals surface area contributed by atoms with Crippen LogP contribution in [0.15, 0.2) is 24.3 Å². The molecule has 1 rings (SSSR count). The van der Waals surface area contributed by atoms with Crippen LogP contribution in [0.5, 0.6) is 0 Å². The number of Topliss-reactive ketones (excluding diaryl/α,β-unsaturated/α-hetero) is 1. The van der Waals surface area contributed by atoms with Crippen LogP contribution in [0, 0.1) is 12.8 Å². The van der Waals surface area contributed by atoms with Gasteiger partial charge in [-0.05, 0) is 12.8 Å². The van der Waals surface area contributed by atoms with E-state index in [9.17, 15) is 22.8 Å². The van der Waals surface area contributed by atoms with E-state index in [1.165, 1.54) is 12.1 Å². The monoisotopic (exact) mass is 287 g/mol. The zero-order valence-electron chi connectivity index (χ0n) is 11.4. The molecule has 1 unspecified atom stereocenters. The van der Waals surface area contributed by atoms with Crippen LogP contribution in [-0.4, -0.2) is 23.9 Å². The minimum Gasteiger partial charge on any atom is -0.338 e. The standard InChI is InChI=1S/C14H16F3NO2/c1-8(2)11(18-13(20)14(15,16)17)12(19)10-6-4-9(3)5-7-10/h4-8,11H,1-3H3,(H,18,20). The topological polar surface area (TPSA) is 46.2 Å². The molecule has 20 heavy (non-hydrogen) atoms. The Labute approximate surface area is 115 Å². The molecule has 0 bridgehead atoms. The van der Waals surface area contributed by atoms with Crippen LogP contribution in [-0.2, 0) is 4.79 Å². The van der Waals surface area contributed by atoms with Gasteiger partial charge in [0.05, 0.1) is 6.04 Å². The molecule has 0 radical (unpaired) electrons. The number of alkyl halides is 3. The van der Waals surface area contributed by atoms with Gasteiger partial charge in [-0.2, -0.15) is 13.2 Å². The second-order valence-corrected chi connectivity index (χ2v) is 4.92.